The van der Waals surface area contributed by atoms with Crippen LogP contribution in [0.1, 0.15) is 35.1 Å². The third-order valence-corrected chi connectivity index (χ3v) is 6.17. The first kappa shape index (κ1) is 21.9. The van der Waals surface area contributed by atoms with Crippen molar-refractivity contribution in [3.63, 3.8) is 0 Å². The Bertz CT molecular complexity index is 1030. The molecule has 1 N–H and O–H groups in total. The number of carbonyl (C=O) groups excluding carboxylic acids is 1. The summed E-state index contributed by atoms with van der Waals surface area (Å²) in [4.78, 5) is 13.1. The van der Waals surface area contributed by atoms with E-state index in [0.29, 0.717) is 13.0 Å². The minimum atomic E-state index is 0.580. The predicted octanol–water partition coefficient (Wildman–Crippen LogP) is 5.57. The zero-order valence-corrected chi connectivity index (χ0v) is 18.8. The Hall–Kier alpha value is -3.27. The van der Waals surface area contributed by atoms with E-state index >= 15 is 0 Å². The van der Waals surface area contributed by atoms with E-state index < -0.39 is 0 Å². The molecule has 0 bridgehead atoms. The average molecular weight is 429 g/mol. The number of nitrogens with one attached hydrogen (secondary N) is 1. The SMILES string of the molecule is Cc1cc(NCc2cccc3c2CCCN3CCOc2ccccc2)ccc1CCC=O. The van der Waals surface area contributed by atoms with Gasteiger partial charge in [0.25, 0.3) is 0 Å². The second-order valence-electron chi connectivity index (χ2n) is 8.37. The molecule has 1 aliphatic heterocycles. The molecule has 4 heteroatoms. The minimum absolute atomic E-state index is 0.580. The fourth-order valence-electron chi connectivity index (χ4n) is 4.46. The second-order valence-corrected chi connectivity index (χ2v) is 8.37. The van der Waals surface area contributed by atoms with Crippen LogP contribution in [0, 0.1) is 6.92 Å². The monoisotopic (exact) mass is 428 g/mol. The summed E-state index contributed by atoms with van der Waals surface area (Å²) in [7, 11) is 0. The van der Waals surface area contributed by atoms with Crippen molar-refractivity contribution in [2.45, 2.75) is 39.2 Å². The highest BCUT2D eigenvalue weighted by molar-refractivity contribution is 5.60. The number of hydrogen-bond donors (Lipinski definition) is 1. The van der Waals surface area contributed by atoms with Gasteiger partial charge in [0.05, 0.1) is 6.54 Å². The number of fused-ring (bicyclic) bond motifs is 1. The molecule has 0 spiro atoms. The van der Waals surface area contributed by atoms with Gasteiger partial charge in [-0.15, -0.1) is 0 Å². The zero-order chi connectivity index (χ0) is 22.2. The minimum Gasteiger partial charge on any atom is -0.492 e. The van der Waals surface area contributed by atoms with Crippen LogP contribution < -0.4 is 15.0 Å². The number of aryl methyl sites for hydroxylation is 2. The fourth-order valence-corrected chi connectivity index (χ4v) is 4.46. The smallest absolute Gasteiger partial charge is 0.120 e. The number of aldehydes is 1. The van der Waals surface area contributed by atoms with E-state index in [-0.39, 0.29) is 0 Å². The van der Waals surface area contributed by atoms with Crippen molar-refractivity contribution in [2.24, 2.45) is 0 Å². The molecule has 3 aromatic carbocycles. The Morgan fingerprint density at radius 3 is 2.72 bits per heavy atom. The number of anilines is 2. The molecular formula is C28H32N2O2. The summed E-state index contributed by atoms with van der Waals surface area (Å²) >= 11 is 0. The second kappa shape index (κ2) is 10.9. The van der Waals surface area contributed by atoms with Crippen molar-refractivity contribution in [1.29, 1.82) is 0 Å². The largest absolute Gasteiger partial charge is 0.492 e. The number of nitrogens with zero attached hydrogens (tertiary/aromatic N) is 1. The maximum absolute atomic E-state index is 10.7. The molecule has 0 saturated heterocycles. The molecule has 4 nitrogen and oxygen atoms in total. The van der Waals surface area contributed by atoms with Gasteiger partial charge in [-0.1, -0.05) is 36.4 Å². The summed E-state index contributed by atoms with van der Waals surface area (Å²) in [5, 5.41) is 3.60. The molecule has 0 amide bonds. The first-order valence-corrected chi connectivity index (χ1v) is 11.5. The van der Waals surface area contributed by atoms with Crippen LogP contribution >= 0.6 is 0 Å². The molecule has 3 aromatic rings. The molecular weight excluding hydrogens is 396 g/mol. The number of benzene rings is 3. The van der Waals surface area contributed by atoms with Crippen molar-refractivity contribution in [1.82, 2.24) is 0 Å². The molecule has 0 saturated carbocycles. The lowest BCUT2D eigenvalue weighted by atomic mass is 9.96. The zero-order valence-electron chi connectivity index (χ0n) is 18.8. The first-order chi connectivity index (χ1) is 15.7. The van der Waals surface area contributed by atoms with Crippen LogP contribution in [-0.4, -0.2) is 26.0 Å². The molecule has 166 valence electrons. The van der Waals surface area contributed by atoms with E-state index in [4.69, 9.17) is 4.74 Å². The van der Waals surface area contributed by atoms with Crippen LogP contribution in [0.4, 0.5) is 11.4 Å². The Labute approximate surface area is 191 Å². The highest BCUT2D eigenvalue weighted by atomic mass is 16.5. The van der Waals surface area contributed by atoms with Gasteiger partial charge >= 0.3 is 0 Å². The predicted molar refractivity (Wildman–Crippen MR) is 132 cm³/mol. The normalized spacial score (nSPS) is 12.8. The van der Waals surface area contributed by atoms with Crippen LogP contribution in [0.15, 0.2) is 66.7 Å². The summed E-state index contributed by atoms with van der Waals surface area (Å²) in [6.07, 6.45) is 4.66. The maximum Gasteiger partial charge on any atom is 0.120 e. The molecule has 1 heterocycles. The molecule has 0 fully saturated rings. The van der Waals surface area contributed by atoms with Crippen LogP contribution in [0.25, 0.3) is 0 Å². The lowest BCUT2D eigenvalue weighted by Crippen LogP contribution is -2.33. The summed E-state index contributed by atoms with van der Waals surface area (Å²) in [6.45, 7) is 5.57. The van der Waals surface area contributed by atoms with E-state index in [1.165, 1.54) is 34.4 Å². The Morgan fingerprint density at radius 1 is 1.03 bits per heavy atom. The number of ether oxygens (including phenoxy) is 1. The maximum atomic E-state index is 10.7. The molecule has 0 unspecified atom stereocenters. The molecule has 4 rings (SSSR count). The molecule has 0 aliphatic carbocycles. The fraction of sp³-hybridized carbons (Fsp3) is 0.321. The van der Waals surface area contributed by atoms with Gasteiger partial charge in [0.15, 0.2) is 0 Å². The third kappa shape index (κ3) is 5.50. The van der Waals surface area contributed by atoms with Gasteiger partial charge in [0, 0.05) is 30.9 Å². The Balaban J connectivity index is 1.39. The standard InChI is InChI=1S/C28H32N2O2/c1-22-20-25(15-14-23(22)9-7-18-31)29-21-24-8-5-13-28-27(24)12-6-16-30(28)17-19-32-26-10-3-2-4-11-26/h2-5,8,10-11,13-15,18,20,29H,6-7,9,12,16-17,19,21H2,1H3. The van der Waals surface area contributed by atoms with E-state index in [1.807, 2.05) is 30.3 Å². The lowest BCUT2D eigenvalue weighted by molar-refractivity contribution is -0.107. The summed E-state index contributed by atoms with van der Waals surface area (Å²) in [5.41, 5.74) is 7.75. The summed E-state index contributed by atoms with van der Waals surface area (Å²) in [5.74, 6) is 0.926. The lowest BCUT2D eigenvalue weighted by Gasteiger charge is -2.32. The summed E-state index contributed by atoms with van der Waals surface area (Å²) in [6, 6.07) is 23.1. The number of hydrogen-bond acceptors (Lipinski definition) is 4. The van der Waals surface area contributed by atoms with Gasteiger partial charge < -0.3 is 19.7 Å². The van der Waals surface area contributed by atoms with Crippen molar-refractivity contribution >= 4 is 17.7 Å². The molecule has 0 radical (unpaired) electrons. The molecule has 1 aliphatic rings. The van der Waals surface area contributed by atoms with Crippen molar-refractivity contribution < 1.29 is 9.53 Å². The number of rotatable bonds is 10. The van der Waals surface area contributed by atoms with Gasteiger partial charge in [-0.25, -0.2) is 0 Å². The first-order valence-electron chi connectivity index (χ1n) is 11.5. The summed E-state index contributed by atoms with van der Waals surface area (Å²) < 4.78 is 5.93. The highest BCUT2D eigenvalue weighted by Gasteiger charge is 2.19. The van der Waals surface area contributed by atoms with Gasteiger partial charge in [0.2, 0.25) is 0 Å². The van der Waals surface area contributed by atoms with Gasteiger partial charge in [-0.2, -0.15) is 0 Å². The van der Waals surface area contributed by atoms with Gasteiger partial charge in [-0.05, 0) is 78.8 Å². The molecule has 32 heavy (non-hydrogen) atoms. The van der Waals surface area contributed by atoms with Crippen molar-refractivity contribution in [3.05, 3.63) is 89.0 Å². The molecule has 0 atom stereocenters. The average Bonchev–Trinajstić information content (AvgIpc) is 2.83. The van der Waals surface area contributed by atoms with Crippen LogP contribution in [0.5, 0.6) is 5.75 Å². The molecule has 0 aromatic heterocycles. The van der Waals surface area contributed by atoms with E-state index in [0.717, 1.165) is 50.2 Å². The van der Waals surface area contributed by atoms with Gasteiger partial charge in [0.1, 0.15) is 18.6 Å². The van der Waals surface area contributed by atoms with E-state index in [9.17, 15) is 4.79 Å². The van der Waals surface area contributed by atoms with E-state index in [2.05, 4.69) is 53.5 Å². The van der Waals surface area contributed by atoms with Crippen molar-refractivity contribution in [3.8, 4) is 5.75 Å². The highest BCUT2D eigenvalue weighted by Crippen LogP contribution is 2.30. The quantitative estimate of drug-likeness (QED) is 0.429. The van der Waals surface area contributed by atoms with E-state index in [1.54, 1.807) is 0 Å². The van der Waals surface area contributed by atoms with Crippen LogP contribution in [0.3, 0.4) is 0 Å². The van der Waals surface area contributed by atoms with Crippen LogP contribution in [-0.2, 0) is 24.2 Å². The van der Waals surface area contributed by atoms with Gasteiger partial charge in [-0.3, -0.25) is 0 Å². The van der Waals surface area contributed by atoms with Crippen molar-refractivity contribution in [2.75, 3.05) is 29.9 Å². The Morgan fingerprint density at radius 2 is 1.91 bits per heavy atom. The Kier molecular flexibility index (Phi) is 7.44. The topological polar surface area (TPSA) is 41.6 Å². The third-order valence-electron chi connectivity index (χ3n) is 6.17. The number of carbonyl (C=O) groups is 1. The number of para-hydroxylation sites is 1. The van der Waals surface area contributed by atoms with Crippen LogP contribution in [0.2, 0.25) is 0 Å².